The van der Waals surface area contributed by atoms with Gasteiger partial charge in [0.1, 0.15) is 0 Å². The van der Waals surface area contributed by atoms with Crippen LogP contribution in [0.1, 0.15) is 35.6 Å². The van der Waals surface area contributed by atoms with Crippen LogP contribution in [-0.4, -0.2) is 14.8 Å². The van der Waals surface area contributed by atoms with Crippen LogP contribution in [0.5, 0.6) is 0 Å². The number of hydrogen-bond donors (Lipinski definition) is 1. The molecule has 4 nitrogen and oxygen atoms in total. The third-order valence-electron chi connectivity index (χ3n) is 4.77. The molecular weight excluding hydrogens is 296 g/mol. The second-order valence-corrected chi connectivity index (χ2v) is 6.44. The molecule has 1 unspecified atom stereocenters. The maximum atomic E-state index is 4.64. The van der Waals surface area contributed by atoms with E-state index in [-0.39, 0.29) is 0 Å². The van der Waals surface area contributed by atoms with Gasteiger partial charge >= 0.3 is 0 Å². The Bertz CT molecular complexity index is 823. The second kappa shape index (κ2) is 6.57. The van der Waals surface area contributed by atoms with Crippen LogP contribution >= 0.6 is 0 Å². The second-order valence-electron chi connectivity index (χ2n) is 6.44. The van der Waals surface area contributed by atoms with Gasteiger partial charge in [0.2, 0.25) is 0 Å². The summed E-state index contributed by atoms with van der Waals surface area (Å²) in [7, 11) is 1.98. The molecule has 122 valence electrons. The van der Waals surface area contributed by atoms with Crippen LogP contribution in [-0.2, 0) is 20.0 Å². The van der Waals surface area contributed by atoms with Crippen molar-refractivity contribution >= 4 is 0 Å². The summed E-state index contributed by atoms with van der Waals surface area (Å²) in [6.07, 6.45) is 9.39. The molecule has 4 heteroatoms. The molecule has 0 saturated carbocycles. The van der Waals surface area contributed by atoms with Crippen LogP contribution in [0.15, 0.2) is 55.0 Å². The Balaban J connectivity index is 1.56. The number of pyridine rings is 1. The van der Waals surface area contributed by atoms with E-state index in [2.05, 4.69) is 45.9 Å². The fourth-order valence-electron chi connectivity index (χ4n) is 3.62. The van der Waals surface area contributed by atoms with Crippen LogP contribution in [0, 0.1) is 0 Å². The van der Waals surface area contributed by atoms with Crippen LogP contribution in [0.3, 0.4) is 0 Å². The Hall–Kier alpha value is -2.46. The summed E-state index contributed by atoms with van der Waals surface area (Å²) in [6, 6.07) is 13.3. The average Bonchev–Trinajstić information content (AvgIpc) is 3.01. The van der Waals surface area contributed by atoms with E-state index >= 15 is 0 Å². The van der Waals surface area contributed by atoms with Crippen molar-refractivity contribution in [1.82, 2.24) is 20.1 Å². The van der Waals surface area contributed by atoms with Crippen molar-refractivity contribution in [2.45, 2.75) is 31.8 Å². The van der Waals surface area contributed by atoms with Gasteiger partial charge in [-0.1, -0.05) is 24.3 Å². The molecule has 0 amide bonds. The third kappa shape index (κ3) is 2.97. The predicted octanol–water partition coefficient (Wildman–Crippen LogP) is 3.65. The van der Waals surface area contributed by atoms with Crippen molar-refractivity contribution in [2.75, 3.05) is 0 Å². The van der Waals surface area contributed by atoms with E-state index in [9.17, 15) is 0 Å². The largest absolute Gasteiger partial charge is 0.306 e. The molecule has 2 aromatic heterocycles. The van der Waals surface area contributed by atoms with Crippen LogP contribution in [0.4, 0.5) is 0 Å². The maximum Gasteiger partial charge on any atom is 0.0969 e. The fraction of sp³-hybridized carbons (Fsp3) is 0.300. The Kier molecular flexibility index (Phi) is 4.13. The highest BCUT2D eigenvalue weighted by molar-refractivity contribution is 5.61. The lowest BCUT2D eigenvalue weighted by Crippen LogP contribution is -2.24. The van der Waals surface area contributed by atoms with Crippen molar-refractivity contribution < 1.29 is 0 Å². The van der Waals surface area contributed by atoms with Gasteiger partial charge in [-0.15, -0.1) is 0 Å². The molecule has 1 aliphatic carbocycles. The van der Waals surface area contributed by atoms with E-state index < -0.39 is 0 Å². The van der Waals surface area contributed by atoms with Gasteiger partial charge in [0.15, 0.2) is 0 Å². The van der Waals surface area contributed by atoms with Gasteiger partial charge in [-0.25, -0.2) is 0 Å². The van der Waals surface area contributed by atoms with Crippen molar-refractivity contribution in [1.29, 1.82) is 0 Å². The van der Waals surface area contributed by atoms with Gasteiger partial charge in [-0.2, -0.15) is 5.10 Å². The molecule has 1 atom stereocenters. The van der Waals surface area contributed by atoms with Gasteiger partial charge in [0.05, 0.1) is 5.69 Å². The lowest BCUT2D eigenvalue weighted by atomic mass is 9.87. The van der Waals surface area contributed by atoms with Crippen molar-refractivity contribution in [2.24, 2.45) is 7.05 Å². The number of hydrogen-bond acceptors (Lipinski definition) is 3. The zero-order valence-electron chi connectivity index (χ0n) is 13.9. The normalized spacial score (nSPS) is 16.8. The number of rotatable bonds is 4. The first-order chi connectivity index (χ1) is 11.8. The number of fused-ring (bicyclic) bond motifs is 1. The molecule has 0 aliphatic heterocycles. The summed E-state index contributed by atoms with van der Waals surface area (Å²) in [4.78, 5) is 4.10. The Morgan fingerprint density at radius 2 is 2.00 bits per heavy atom. The van der Waals surface area contributed by atoms with Crippen LogP contribution < -0.4 is 5.32 Å². The Morgan fingerprint density at radius 3 is 2.88 bits per heavy atom. The molecule has 1 aliphatic rings. The topological polar surface area (TPSA) is 42.7 Å². The average molecular weight is 318 g/mol. The molecule has 1 aromatic carbocycles. The minimum atomic E-state index is 0.431. The smallest absolute Gasteiger partial charge is 0.0969 e. The van der Waals surface area contributed by atoms with Gasteiger partial charge in [-0.05, 0) is 42.5 Å². The minimum absolute atomic E-state index is 0.431. The van der Waals surface area contributed by atoms with E-state index in [1.165, 1.54) is 36.0 Å². The van der Waals surface area contributed by atoms with Gasteiger partial charge < -0.3 is 5.32 Å². The summed E-state index contributed by atoms with van der Waals surface area (Å²) in [5.74, 6) is 0. The number of aromatic nitrogens is 3. The molecule has 0 radical (unpaired) electrons. The Labute approximate surface area is 142 Å². The first-order valence-electron chi connectivity index (χ1n) is 8.55. The molecule has 24 heavy (non-hydrogen) atoms. The molecule has 0 spiro atoms. The number of benzene rings is 1. The zero-order valence-corrected chi connectivity index (χ0v) is 13.9. The highest BCUT2D eigenvalue weighted by atomic mass is 15.3. The molecule has 3 aromatic rings. The molecule has 0 fully saturated rings. The van der Waals surface area contributed by atoms with Gasteiger partial charge in [-0.3, -0.25) is 9.67 Å². The monoisotopic (exact) mass is 318 g/mol. The van der Waals surface area contributed by atoms with E-state index in [1.807, 2.05) is 36.3 Å². The Morgan fingerprint density at radius 1 is 1.17 bits per heavy atom. The number of nitrogens with one attached hydrogen (secondary N) is 1. The highest BCUT2D eigenvalue weighted by Crippen LogP contribution is 2.30. The third-order valence-corrected chi connectivity index (χ3v) is 4.77. The van der Waals surface area contributed by atoms with E-state index in [1.54, 1.807) is 0 Å². The van der Waals surface area contributed by atoms with Crippen molar-refractivity contribution in [3.05, 3.63) is 71.7 Å². The molecule has 0 bridgehead atoms. The quantitative estimate of drug-likeness (QED) is 0.798. The van der Waals surface area contributed by atoms with Gasteiger partial charge in [0, 0.05) is 49.4 Å². The first kappa shape index (κ1) is 15.1. The maximum absolute atomic E-state index is 4.64. The zero-order chi connectivity index (χ0) is 16.4. The highest BCUT2D eigenvalue weighted by Gasteiger charge is 2.20. The summed E-state index contributed by atoms with van der Waals surface area (Å²) in [5.41, 5.74) is 6.33. The molecular formula is C20H22N4. The standard InChI is InChI=1S/C20H22N4/c1-24-14-17(20(23-24)16-9-11-21-12-10-16)13-22-19-8-4-6-15-5-2-3-7-18(15)19/h2-3,5,7,9-12,14,19,22H,4,6,8,13H2,1H3. The lowest BCUT2D eigenvalue weighted by molar-refractivity contribution is 0.459. The fourth-order valence-corrected chi connectivity index (χ4v) is 3.62. The van der Waals surface area contributed by atoms with E-state index in [0.29, 0.717) is 6.04 Å². The van der Waals surface area contributed by atoms with Crippen molar-refractivity contribution in [3.63, 3.8) is 0 Å². The van der Waals surface area contributed by atoms with Crippen molar-refractivity contribution in [3.8, 4) is 11.3 Å². The summed E-state index contributed by atoms with van der Waals surface area (Å²) in [6.45, 7) is 0.824. The summed E-state index contributed by atoms with van der Waals surface area (Å²) in [5, 5.41) is 8.39. The number of aryl methyl sites for hydroxylation is 2. The number of nitrogens with zero attached hydrogens (tertiary/aromatic N) is 3. The van der Waals surface area contributed by atoms with E-state index in [4.69, 9.17) is 0 Å². The SMILES string of the molecule is Cn1cc(CNC2CCCc3ccccc32)c(-c2ccncc2)n1. The lowest BCUT2D eigenvalue weighted by Gasteiger charge is -2.26. The first-order valence-corrected chi connectivity index (χ1v) is 8.55. The molecule has 2 heterocycles. The summed E-state index contributed by atoms with van der Waals surface area (Å²) >= 11 is 0. The molecule has 0 saturated heterocycles. The predicted molar refractivity (Wildman–Crippen MR) is 95.4 cm³/mol. The molecule has 4 rings (SSSR count). The molecule has 1 N–H and O–H groups in total. The summed E-state index contributed by atoms with van der Waals surface area (Å²) < 4.78 is 1.89. The minimum Gasteiger partial charge on any atom is -0.306 e. The van der Waals surface area contributed by atoms with E-state index in [0.717, 1.165) is 17.8 Å². The van der Waals surface area contributed by atoms with Crippen LogP contribution in [0.25, 0.3) is 11.3 Å². The van der Waals surface area contributed by atoms with Crippen LogP contribution in [0.2, 0.25) is 0 Å². The van der Waals surface area contributed by atoms with Gasteiger partial charge in [0.25, 0.3) is 0 Å².